The van der Waals surface area contributed by atoms with Gasteiger partial charge in [-0.25, -0.2) is 0 Å². The second-order valence-corrected chi connectivity index (χ2v) is 5.70. The van der Waals surface area contributed by atoms with Gasteiger partial charge in [0.1, 0.15) is 0 Å². The summed E-state index contributed by atoms with van der Waals surface area (Å²) in [4.78, 5) is 2.37. The number of nitrogens with two attached hydrogens (primary N) is 1. The van der Waals surface area contributed by atoms with Crippen LogP contribution in [-0.4, -0.2) is 43.5 Å². The summed E-state index contributed by atoms with van der Waals surface area (Å²) in [6, 6.07) is 5.91. The Morgan fingerprint density at radius 1 is 1.20 bits per heavy atom. The quantitative estimate of drug-likeness (QED) is 0.908. The van der Waals surface area contributed by atoms with E-state index in [-0.39, 0.29) is 18.2 Å². The van der Waals surface area contributed by atoms with Crippen LogP contribution < -0.4 is 15.2 Å². The zero-order valence-corrected chi connectivity index (χ0v) is 12.0. The van der Waals surface area contributed by atoms with Gasteiger partial charge in [-0.3, -0.25) is 4.90 Å². The van der Waals surface area contributed by atoms with E-state index in [0.29, 0.717) is 6.79 Å². The molecule has 0 saturated carbocycles. The van der Waals surface area contributed by atoms with Crippen LogP contribution in [0.25, 0.3) is 0 Å². The summed E-state index contributed by atoms with van der Waals surface area (Å²) >= 11 is 0. The predicted octanol–water partition coefficient (Wildman–Crippen LogP) is 1.52. The predicted molar refractivity (Wildman–Crippen MR) is 75.9 cm³/mol. The average Bonchev–Trinajstić information content (AvgIpc) is 2.84. The Kier molecular flexibility index (Phi) is 3.83. The second-order valence-electron chi connectivity index (χ2n) is 5.70. The zero-order chi connectivity index (χ0) is 14.1. The first-order chi connectivity index (χ1) is 9.61. The Bertz CT molecular complexity index is 470. The van der Waals surface area contributed by atoms with E-state index in [9.17, 15) is 0 Å². The molecule has 5 heteroatoms. The van der Waals surface area contributed by atoms with Crippen LogP contribution in [0, 0.1) is 0 Å². The topological polar surface area (TPSA) is 57.0 Å². The number of benzene rings is 1. The van der Waals surface area contributed by atoms with Crippen molar-refractivity contribution >= 4 is 0 Å². The smallest absolute Gasteiger partial charge is 0.231 e. The maximum Gasteiger partial charge on any atom is 0.231 e. The van der Waals surface area contributed by atoms with Crippen LogP contribution in [0.4, 0.5) is 0 Å². The number of hydrogen-bond acceptors (Lipinski definition) is 5. The van der Waals surface area contributed by atoms with Crippen molar-refractivity contribution in [2.75, 3.05) is 26.4 Å². The van der Waals surface area contributed by atoms with Crippen molar-refractivity contribution in [3.63, 3.8) is 0 Å². The van der Waals surface area contributed by atoms with E-state index in [0.717, 1.165) is 36.7 Å². The lowest BCUT2D eigenvalue weighted by Gasteiger charge is -2.36. The van der Waals surface area contributed by atoms with Crippen molar-refractivity contribution in [2.45, 2.75) is 32.1 Å². The van der Waals surface area contributed by atoms with Crippen molar-refractivity contribution in [3.8, 4) is 11.5 Å². The number of hydrogen-bond donors (Lipinski definition) is 1. The standard InChI is InChI=1S/C15H22N2O3/c1-10-6-17(7-11(2)20-10)8-13(16)12-3-4-14-15(5-12)19-9-18-14/h3-5,10-11,13H,6-9,16H2,1-2H3/t10-,11+,13?. The van der Waals surface area contributed by atoms with Gasteiger partial charge in [0.15, 0.2) is 11.5 Å². The Balaban J connectivity index is 1.65. The lowest BCUT2D eigenvalue weighted by Crippen LogP contribution is -2.47. The average molecular weight is 278 g/mol. The molecule has 1 saturated heterocycles. The van der Waals surface area contributed by atoms with Crippen LogP contribution in [0.3, 0.4) is 0 Å². The lowest BCUT2D eigenvalue weighted by molar-refractivity contribution is -0.0691. The van der Waals surface area contributed by atoms with Gasteiger partial charge < -0.3 is 19.9 Å². The molecule has 0 aliphatic carbocycles. The van der Waals surface area contributed by atoms with Gasteiger partial charge in [-0.05, 0) is 31.5 Å². The molecule has 0 aromatic heterocycles. The Labute approximate surface area is 119 Å². The van der Waals surface area contributed by atoms with Gasteiger partial charge in [-0.1, -0.05) is 6.07 Å². The highest BCUT2D eigenvalue weighted by atomic mass is 16.7. The molecule has 5 nitrogen and oxygen atoms in total. The molecular weight excluding hydrogens is 256 g/mol. The van der Waals surface area contributed by atoms with Crippen LogP contribution in [-0.2, 0) is 4.74 Å². The largest absolute Gasteiger partial charge is 0.454 e. The van der Waals surface area contributed by atoms with Crippen molar-refractivity contribution in [1.29, 1.82) is 0 Å². The van der Waals surface area contributed by atoms with Gasteiger partial charge >= 0.3 is 0 Å². The van der Waals surface area contributed by atoms with Crippen LogP contribution in [0.2, 0.25) is 0 Å². The first-order valence-corrected chi connectivity index (χ1v) is 7.15. The van der Waals surface area contributed by atoms with Gasteiger partial charge in [0, 0.05) is 25.7 Å². The molecule has 2 heterocycles. The summed E-state index contributed by atoms with van der Waals surface area (Å²) in [6.07, 6.45) is 0.533. The van der Waals surface area contributed by atoms with Gasteiger partial charge in [0.25, 0.3) is 0 Å². The van der Waals surface area contributed by atoms with Crippen LogP contribution in [0.1, 0.15) is 25.5 Å². The van der Waals surface area contributed by atoms with E-state index in [4.69, 9.17) is 19.9 Å². The van der Waals surface area contributed by atoms with Crippen LogP contribution >= 0.6 is 0 Å². The number of rotatable bonds is 3. The van der Waals surface area contributed by atoms with E-state index < -0.39 is 0 Å². The number of nitrogens with zero attached hydrogens (tertiary/aromatic N) is 1. The molecule has 1 unspecified atom stereocenters. The van der Waals surface area contributed by atoms with Gasteiger partial charge in [-0.15, -0.1) is 0 Å². The van der Waals surface area contributed by atoms with Gasteiger partial charge in [0.2, 0.25) is 6.79 Å². The molecule has 0 bridgehead atoms. The number of morpholine rings is 1. The van der Waals surface area contributed by atoms with Crippen LogP contribution in [0.15, 0.2) is 18.2 Å². The summed E-state index contributed by atoms with van der Waals surface area (Å²) < 4.78 is 16.5. The van der Waals surface area contributed by atoms with E-state index >= 15 is 0 Å². The Morgan fingerprint density at radius 3 is 2.65 bits per heavy atom. The fourth-order valence-electron chi connectivity index (χ4n) is 2.96. The van der Waals surface area contributed by atoms with E-state index in [1.807, 2.05) is 18.2 Å². The van der Waals surface area contributed by atoms with Crippen molar-refractivity contribution in [1.82, 2.24) is 4.90 Å². The maximum absolute atomic E-state index is 6.33. The fourth-order valence-corrected chi connectivity index (χ4v) is 2.96. The van der Waals surface area contributed by atoms with Crippen molar-refractivity contribution < 1.29 is 14.2 Å². The molecule has 1 fully saturated rings. The minimum absolute atomic E-state index is 0.0259. The first-order valence-electron chi connectivity index (χ1n) is 7.15. The van der Waals surface area contributed by atoms with Gasteiger partial charge in [-0.2, -0.15) is 0 Å². The lowest BCUT2D eigenvalue weighted by atomic mass is 10.1. The van der Waals surface area contributed by atoms with E-state index in [1.165, 1.54) is 0 Å². The minimum atomic E-state index is -0.0259. The molecule has 0 spiro atoms. The van der Waals surface area contributed by atoms with Crippen molar-refractivity contribution in [3.05, 3.63) is 23.8 Å². The zero-order valence-electron chi connectivity index (χ0n) is 12.0. The number of ether oxygens (including phenoxy) is 3. The molecule has 2 aliphatic rings. The van der Waals surface area contributed by atoms with E-state index in [2.05, 4.69) is 18.7 Å². The Hall–Kier alpha value is -1.30. The molecule has 3 rings (SSSR count). The molecule has 3 atom stereocenters. The normalized spacial score (nSPS) is 27.6. The van der Waals surface area contributed by atoms with Crippen molar-refractivity contribution in [2.24, 2.45) is 5.73 Å². The number of fused-ring (bicyclic) bond motifs is 1. The summed E-state index contributed by atoms with van der Waals surface area (Å²) in [6.45, 7) is 7.21. The molecule has 110 valence electrons. The summed E-state index contributed by atoms with van der Waals surface area (Å²) in [5.74, 6) is 1.59. The molecule has 0 amide bonds. The highest BCUT2D eigenvalue weighted by molar-refractivity contribution is 5.45. The Morgan fingerprint density at radius 2 is 1.90 bits per heavy atom. The molecule has 2 N–H and O–H groups in total. The molecule has 1 aromatic rings. The second kappa shape index (κ2) is 5.60. The SMILES string of the molecule is C[C@@H]1CN(CC(N)c2ccc3c(c2)OCO3)C[C@H](C)O1. The van der Waals surface area contributed by atoms with Crippen LogP contribution in [0.5, 0.6) is 11.5 Å². The summed E-state index contributed by atoms with van der Waals surface area (Å²) in [5.41, 5.74) is 7.42. The molecule has 2 aliphatic heterocycles. The third-order valence-electron chi connectivity index (χ3n) is 3.77. The van der Waals surface area contributed by atoms with Gasteiger partial charge in [0.05, 0.1) is 12.2 Å². The first kappa shape index (κ1) is 13.7. The molecule has 1 aromatic carbocycles. The summed E-state index contributed by atoms with van der Waals surface area (Å²) in [7, 11) is 0. The summed E-state index contributed by atoms with van der Waals surface area (Å²) in [5, 5.41) is 0. The highest BCUT2D eigenvalue weighted by Gasteiger charge is 2.24. The molecular formula is C15H22N2O3. The fraction of sp³-hybridized carbons (Fsp3) is 0.600. The highest BCUT2D eigenvalue weighted by Crippen LogP contribution is 2.34. The minimum Gasteiger partial charge on any atom is -0.454 e. The third kappa shape index (κ3) is 2.90. The monoisotopic (exact) mass is 278 g/mol. The van der Waals surface area contributed by atoms with E-state index in [1.54, 1.807) is 0 Å². The maximum atomic E-state index is 6.33. The third-order valence-corrected chi connectivity index (χ3v) is 3.77. The molecule has 0 radical (unpaired) electrons. The molecule has 20 heavy (non-hydrogen) atoms.